The maximum absolute atomic E-state index is 13.5. The molecule has 0 fully saturated rings. The third-order valence-corrected chi connectivity index (χ3v) is 4.52. The Labute approximate surface area is 157 Å². The number of benzene rings is 2. The van der Waals surface area contributed by atoms with Crippen molar-refractivity contribution in [3.63, 3.8) is 0 Å². The van der Waals surface area contributed by atoms with Crippen LogP contribution in [-0.4, -0.2) is 23.0 Å². The molecule has 2 aromatic carbocycles. The van der Waals surface area contributed by atoms with E-state index in [2.05, 4.69) is 10.3 Å². The predicted molar refractivity (Wildman–Crippen MR) is 99.2 cm³/mol. The maximum atomic E-state index is 13.5. The van der Waals surface area contributed by atoms with E-state index in [1.165, 1.54) is 24.3 Å². The van der Waals surface area contributed by atoms with Crippen molar-refractivity contribution >= 4 is 45.2 Å². The molecule has 27 heavy (non-hydrogen) atoms. The number of aromatic nitrogens is 1. The molecule has 0 aliphatic rings. The zero-order valence-corrected chi connectivity index (χ0v) is 14.9. The van der Waals surface area contributed by atoms with Gasteiger partial charge in [-0.1, -0.05) is 12.1 Å². The molecule has 5 nitrogen and oxygen atoms in total. The lowest BCUT2D eigenvalue weighted by Gasteiger charge is -2.12. The first-order chi connectivity index (χ1) is 12.9. The van der Waals surface area contributed by atoms with Crippen LogP contribution in [-0.2, 0) is 14.3 Å². The van der Waals surface area contributed by atoms with Gasteiger partial charge in [0.05, 0.1) is 15.9 Å². The second-order valence-corrected chi connectivity index (χ2v) is 6.61. The first-order valence-corrected chi connectivity index (χ1v) is 8.74. The Kier molecular flexibility index (Phi) is 5.56. The SMILES string of the molecule is C[C@@H](OC(=O)/C=C/c1nc2ccccc2s1)C(=O)Nc1cc(F)ccc1F. The summed E-state index contributed by atoms with van der Waals surface area (Å²) >= 11 is 1.41. The van der Waals surface area contributed by atoms with E-state index in [0.717, 1.165) is 34.5 Å². The Hall–Kier alpha value is -3.13. The van der Waals surface area contributed by atoms with Crippen LogP contribution >= 0.6 is 11.3 Å². The van der Waals surface area contributed by atoms with E-state index >= 15 is 0 Å². The number of thiazole rings is 1. The molecular formula is C19H14F2N2O3S. The molecule has 0 saturated heterocycles. The molecule has 3 rings (SSSR count). The number of fused-ring (bicyclic) bond motifs is 1. The van der Waals surface area contributed by atoms with Gasteiger partial charge in [0.2, 0.25) is 0 Å². The fourth-order valence-electron chi connectivity index (χ4n) is 2.20. The number of nitrogens with zero attached hydrogens (tertiary/aromatic N) is 1. The summed E-state index contributed by atoms with van der Waals surface area (Å²) in [6.45, 7) is 1.33. The number of para-hydroxylation sites is 1. The zero-order chi connectivity index (χ0) is 19.4. The minimum atomic E-state index is -1.19. The minimum Gasteiger partial charge on any atom is -0.449 e. The predicted octanol–water partition coefficient (Wildman–Crippen LogP) is 4.16. The highest BCUT2D eigenvalue weighted by Gasteiger charge is 2.18. The Morgan fingerprint density at radius 2 is 2.00 bits per heavy atom. The van der Waals surface area contributed by atoms with Crippen molar-refractivity contribution in [2.75, 3.05) is 5.32 Å². The zero-order valence-electron chi connectivity index (χ0n) is 14.1. The van der Waals surface area contributed by atoms with Gasteiger partial charge in [0.25, 0.3) is 5.91 Å². The normalized spacial score (nSPS) is 12.3. The molecule has 0 unspecified atom stereocenters. The van der Waals surface area contributed by atoms with Crippen LogP contribution in [0.25, 0.3) is 16.3 Å². The molecule has 0 aliphatic heterocycles. The fraction of sp³-hybridized carbons (Fsp3) is 0.105. The third kappa shape index (κ3) is 4.73. The molecular weight excluding hydrogens is 374 g/mol. The lowest BCUT2D eigenvalue weighted by molar-refractivity contribution is -0.148. The van der Waals surface area contributed by atoms with E-state index in [-0.39, 0.29) is 5.69 Å². The summed E-state index contributed by atoms with van der Waals surface area (Å²) in [6, 6.07) is 10.2. The van der Waals surface area contributed by atoms with Crippen LogP contribution in [0.15, 0.2) is 48.5 Å². The average molecular weight is 388 g/mol. The first-order valence-electron chi connectivity index (χ1n) is 7.92. The summed E-state index contributed by atoms with van der Waals surface area (Å²) in [6.07, 6.45) is 1.45. The van der Waals surface area contributed by atoms with Crippen molar-refractivity contribution in [3.05, 3.63) is 65.2 Å². The largest absolute Gasteiger partial charge is 0.449 e. The van der Waals surface area contributed by atoms with Gasteiger partial charge in [0, 0.05) is 12.1 Å². The fourth-order valence-corrected chi connectivity index (χ4v) is 3.07. The molecule has 1 atom stereocenters. The van der Waals surface area contributed by atoms with Gasteiger partial charge in [-0.15, -0.1) is 11.3 Å². The molecule has 1 amide bonds. The third-order valence-electron chi connectivity index (χ3n) is 3.52. The number of hydrogen-bond donors (Lipinski definition) is 1. The summed E-state index contributed by atoms with van der Waals surface area (Å²) in [5.41, 5.74) is 0.494. The van der Waals surface area contributed by atoms with Crippen LogP contribution in [0.3, 0.4) is 0 Å². The molecule has 1 N–H and O–H groups in total. The topological polar surface area (TPSA) is 68.3 Å². The summed E-state index contributed by atoms with van der Waals surface area (Å²) in [5, 5.41) is 2.80. The Bertz CT molecular complexity index is 1000. The molecule has 0 saturated carbocycles. The average Bonchev–Trinajstić information content (AvgIpc) is 3.06. The van der Waals surface area contributed by atoms with Crippen LogP contribution in [0.4, 0.5) is 14.5 Å². The van der Waals surface area contributed by atoms with E-state index in [1.54, 1.807) is 0 Å². The lowest BCUT2D eigenvalue weighted by Crippen LogP contribution is -2.29. The summed E-state index contributed by atoms with van der Waals surface area (Å²) in [4.78, 5) is 28.2. The number of hydrogen-bond acceptors (Lipinski definition) is 5. The van der Waals surface area contributed by atoms with Gasteiger partial charge in [-0.3, -0.25) is 4.79 Å². The second-order valence-electron chi connectivity index (χ2n) is 5.55. The van der Waals surface area contributed by atoms with Crippen molar-refractivity contribution < 1.29 is 23.1 Å². The van der Waals surface area contributed by atoms with Crippen molar-refractivity contribution in [1.29, 1.82) is 0 Å². The standard InChI is InChI=1S/C19H14F2N2O3S/c1-11(19(25)23-15-10-12(20)6-7-13(15)21)26-18(24)9-8-17-22-14-4-2-3-5-16(14)27-17/h2-11H,1H3,(H,23,25)/b9-8+/t11-/m1/s1. The van der Waals surface area contributed by atoms with Crippen molar-refractivity contribution in [3.8, 4) is 0 Å². The van der Waals surface area contributed by atoms with Gasteiger partial charge in [0.15, 0.2) is 6.10 Å². The quantitative estimate of drug-likeness (QED) is 0.526. The molecule has 8 heteroatoms. The number of nitrogens with one attached hydrogen (secondary N) is 1. The number of rotatable bonds is 5. The van der Waals surface area contributed by atoms with Crippen LogP contribution in [0.5, 0.6) is 0 Å². The molecule has 1 heterocycles. The minimum absolute atomic E-state index is 0.326. The highest BCUT2D eigenvalue weighted by molar-refractivity contribution is 7.19. The van der Waals surface area contributed by atoms with E-state index in [4.69, 9.17) is 4.74 Å². The van der Waals surface area contributed by atoms with Crippen LogP contribution in [0.1, 0.15) is 11.9 Å². The van der Waals surface area contributed by atoms with Crippen LogP contribution < -0.4 is 5.32 Å². The number of anilines is 1. The lowest BCUT2D eigenvalue weighted by atomic mass is 10.2. The van der Waals surface area contributed by atoms with Gasteiger partial charge in [0.1, 0.15) is 16.6 Å². The Balaban J connectivity index is 1.59. The molecule has 138 valence electrons. The monoisotopic (exact) mass is 388 g/mol. The molecule has 0 aliphatic carbocycles. The second kappa shape index (κ2) is 8.05. The van der Waals surface area contributed by atoms with E-state index < -0.39 is 29.6 Å². The number of amides is 1. The van der Waals surface area contributed by atoms with E-state index in [9.17, 15) is 18.4 Å². The molecule has 0 bridgehead atoms. The van der Waals surface area contributed by atoms with Crippen molar-refractivity contribution in [2.45, 2.75) is 13.0 Å². The van der Waals surface area contributed by atoms with Crippen LogP contribution in [0.2, 0.25) is 0 Å². The van der Waals surface area contributed by atoms with E-state index in [0.29, 0.717) is 5.01 Å². The highest BCUT2D eigenvalue weighted by atomic mass is 32.1. The highest BCUT2D eigenvalue weighted by Crippen LogP contribution is 2.22. The van der Waals surface area contributed by atoms with Gasteiger partial charge < -0.3 is 10.1 Å². The number of halogens is 2. The number of carbonyl (C=O) groups excluding carboxylic acids is 2. The number of ether oxygens (including phenoxy) is 1. The van der Waals surface area contributed by atoms with Gasteiger partial charge in [-0.2, -0.15) is 0 Å². The Morgan fingerprint density at radius 1 is 1.22 bits per heavy atom. The van der Waals surface area contributed by atoms with Crippen molar-refractivity contribution in [2.24, 2.45) is 0 Å². The van der Waals surface area contributed by atoms with Gasteiger partial charge in [-0.25, -0.2) is 18.6 Å². The van der Waals surface area contributed by atoms with Gasteiger partial charge in [-0.05, 0) is 37.3 Å². The molecule has 1 aromatic heterocycles. The molecule has 0 spiro atoms. The number of carbonyl (C=O) groups is 2. The van der Waals surface area contributed by atoms with E-state index in [1.807, 2.05) is 24.3 Å². The van der Waals surface area contributed by atoms with Gasteiger partial charge >= 0.3 is 5.97 Å². The van der Waals surface area contributed by atoms with Crippen LogP contribution in [0, 0.1) is 11.6 Å². The molecule has 0 radical (unpaired) electrons. The number of esters is 1. The molecule has 3 aromatic rings. The summed E-state index contributed by atoms with van der Waals surface area (Å²) in [7, 11) is 0. The summed E-state index contributed by atoms with van der Waals surface area (Å²) < 4.78 is 32.6. The smallest absolute Gasteiger partial charge is 0.331 e. The van der Waals surface area contributed by atoms with Crippen molar-refractivity contribution in [1.82, 2.24) is 4.98 Å². The summed E-state index contributed by atoms with van der Waals surface area (Å²) in [5.74, 6) is -3.02. The first kappa shape index (κ1) is 18.7. The maximum Gasteiger partial charge on any atom is 0.331 e. The Morgan fingerprint density at radius 3 is 2.78 bits per heavy atom.